The zero-order valence-electron chi connectivity index (χ0n) is 10.7. The topological polar surface area (TPSA) is 57.6 Å². The maximum Gasteiger partial charge on any atom is 0.262 e. The van der Waals surface area contributed by atoms with Gasteiger partial charge in [0, 0.05) is 6.54 Å². The van der Waals surface area contributed by atoms with E-state index in [0.717, 1.165) is 5.56 Å². The molecule has 1 N–H and O–H groups in total. The zero-order chi connectivity index (χ0) is 14.0. The first-order valence-electron chi connectivity index (χ1n) is 5.98. The molecule has 1 atom stereocenters. The van der Waals surface area contributed by atoms with Gasteiger partial charge in [-0.2, -0.15) is 0 Å². The van der Waals surface area contributed by atoms with Crippen LogP contribution in [0.15, 0.2) is 54.3 Å². The molecule has 0 saturated heterocycles. The highest BCUT2D eigenvalue weighted by atomic mass is 16.3. The molecule has 1 unspecified atom stereocenters. The minimum Gasteiger partial charge on any atom is -0.509 e. The summed E-state index contributed by atoms with van der Waals surface area (Å²) in [6, 6.07) is 8.52. The molecule has 0 aromatic heterocycles. The number of rotatable bonds is 4. The summed E-state index contributed by atoms with van der Waals surface area (Å²) in [5, 5.41) is 10.2. The summed E-state index contributed by atoms with van der Waals surface area (Å²) in [6.45, 7) is 5.16. The van der Waals surface area contributed by atoms with E-state index in [-0.39, 0.29) is 17.9 Å². The van der Waals surface area contributed by atoms with Crippen LogP contribution in [0.25, 0.3) is 0 Å². The van der Waals surface area contributed by atoms with Gasteiger partial charge in [-0.25, -0.2) is 0 Å². The van der Waals surface area contributed by atoms with E-state index in [9.17, 15) is 14.7 Å². The predicted octanol–water partition coefficient (Wildman–Crippen LogP) is 2.16. The number of hydrogen-bond acceptors (Lipinski definition) is 3. The van der Waals surface area contributed by atoms with Crippen LogP contribution in [-0.2, 0) is 9.59 Å². The van der Waals surface area contributed by atoms with Gasteiger partial charge >= 0.3 is 0 Å². The van der Waals surface area contributed by atoms with Crippen LogP contribution in [0.4, 0.5) is 0 Å². The molecule has 2 rings (SSSR count). The van der Waals surface area contributed by atoms with E-state index in [1.807, 2.05) is 30.3 Å². The van der Waals surface area contributed by atoms with Crippen molar-refractivity contribution in [3.05, 3.63) is 59.9 Å². The molecular formula is C15H15NO3. The van der Waals surface area contributed by atoms with Crippen molar-refractivity contribution in [1.29, 1.82) is 0 Å². The molecule has 19 heavy (non-hydrogen) atoms. The number of ketones is 1. The number of aliphatic hydroxyl groups is 1. The lowest BCUT2D eigenvalue weighted by Crippen LogP contribution is -2.31. The largest absolute Gasteiger partial charge is 0.509 e. The summed E-state index contributed by atoms with van der Waals surface area (Å²) in [5.41, 5.74) is 0.641. The minimum absolute atomic E-state index is 0.129. The third-order valence-electron chi connectivity index (χ3n) is 3.09. The Hall–Kier alpha value is -2.36. The molecule has 1 aliphatic heterocycles. The van der Waals surface area contributed by atoms with E-state index in [1.54, 1.807) is 6.08 Å². The maximum absolute atomic E-state index is 12.2. The second-order valence-corrected chi connectivity index (χ2v) is 4.38. The van der Waals surface area contributed by atoms with Gasteiger partial charge in [0.2, 0.25) is 0 Å². The van der Waals surface area contributed by atoms with Crippen LogP contribution in [0.2, 0.25) is 0 Å². The SMILES string of the molecule is C=CCN1C(=O)C(C(C)=O)=C(O)C1c1ccccc1. The second kappa shape index (κ2) is 5.10. The van der Waals surface area contributed by atoms with Gasteiger partial charge in [0.15, 0.2) is 5.78 Å². The van der Waals surface area contributed by atoms with Gasteiger partial charge in [-0.15, -0.1) is 6.58 Å². The van der Waals surface area contributed by atoms with Crippen molar-refractivity contribution in [2.45, 2.75) is 13.0 Å². The number of Topliss-reactive ketones (excluding diaryl/α,β-unsaturated/α-hetero) is 1. The Bertz CT molecular complexity index is 560. The Balaban J connectivity index is 2.51. The molecule has 1 aromatic carbocycles. The van der Waals surface area contributed by atoms with Crippen molar-refractivity contribution in [3.8, 4) is 0 Å². The number of aliphatic hydroxyl groups excluding tert-OH is 1. The summed E-state index contributed by atoms with van der Waals surface area (Å²) < 4.78 is 0. The Morgan fingerprint density at radius 1 is 1.42 bits per heavy atom. The quantitative estimate of drug-likeness (QED) is 0.664. The highest BCUT2D eigenvalue weighted by Gasteiger charge is 2.41. The summed E-state index contributed by atoms with van der Waals surface area (Å²) in [6.07, 6.45) is 1.57. The fraction of sp³-hybridized carbons (Fsp3) is 0.200. The third-order valence-corrected chi connectivity index (χ3v) is 3.09. The lowest BCUT2D eigenvalue weighted by molar-refractivity contribution is -0.128. The van der Waals surface area contributed by atoms with Gasteiger partial charge in [0.1, 0.15) is 17.4 Å². The van der Waals surface area contributed by atoms with Gasteiger partial charge in [-0.05, 0) is 12.5 Å². The van der Waals surface area contributed by atoms with Crippen LogP contribution < -0.4 is 0 Å². The van der Waals surface area contributed by atoms with Crippen LogP contribution in [0.1, 0.15) is 18.5 Å². The first-order valence-corrected chi connectivity index (χ1v) is 5.98. The van der Waals surface area contributed by atoms with Gasteiger partial charge in [-0.1, -0.05) is 36.4 Å². The Morgan fingerprint density at radius 3 is 2.58 bits per heavy atom. The first kappa shape index (κ1) is 13.1. The summed E-state index contributed by atoms with van der Waals surface area (Å²) in [7, 11) is 0. The van der Waals surface area contributed by atoms with E-state index in [0.29, 0.717) is 0 Å². The molecule has 98 valence electrons. The maximum atomic E-state index is 12.2. The molecule has 1 heterocycles. The Kier molecular flexibility index (Phi) is 3.51. The van der Waals surface area contributed by atoms with Gasteiger partial charge in [-0.3, -0.25) is 9.59 Å². The first-order chi connectivity index (χ1) is 9.07. The second-order valence-electron chi connectivity index (χ2n) is 4.38. The summed E-state index contributed by atoms with van der Waals surface area (Å²) in [4.78, 5) is 25.1. The monoisotopic (exact) mass is 257 g/mol. The minimum atomic E-state index is -0.606. The predicted molar refractivity (Wildman–Crippen MR) is 71.4 cm³/mol. The Labute approximate surface area is 111 Å². The molecule has 0 bridgehead atoms. The molecule has 0 spiro atoms. The molecular weight excluding hydrogens is 242 g/mol. The van der Waals surface area contributed by atoms with Crippen molar-refractivity contribution in [2.75, 3.05) is 6.54 Å². The van der Waals surface area contributed by atoms with Crippen LogP contribution in [0.3, 0.4) is 0 Å². The molecule has 4 nitrogen and oxygen atoms in total. The van der Waals surface area contributed by atoms with E-state index in [1.165, 1.54) is 11.8 Å². The van der Waals surface area contributed by atoms with Crippen LogP contribution >= 0.6 is 0 Å². The number of benzene rings is 1. The molecule has 0 fully saturated rings. The van der Waals surface area contributed by atoms with E-state index >= 15 is 0 Å². The van der Waals surface area contributed by atoms with Gasteiger partial charge in [0.25, 0.3) is 5.91 Å². The highest BCUT2D eigenvalue weighted by molar-refractivity contribution is 6.20. The number of amides is 1. The number of hydrogen-bond donors (Lipinski definition) is 1. The van der Waals surface area contributed by atoms with Crippen LogP contribution in [0.5, 0.6) is 0 Å². The van der Waals surface area contributed by atoms with E-state index in [4.69, 9.17) is 0 Å². The smallest absolute Gasteiger partial charge is 0.262 e. The van der Waals surface area contributed by atoms with Gasteiger partial charge < -0.3 is 10.0 Å². The average Bonchev–Trinajstić information content (AvgIpc) is 2.63. The fourth-order valence-corrected chi connectivity index (χ4v) is 2.29. The lowest BCUT2D eigenvalue weighted by Gasteiger charge is -2.24. The van der Waals surface area contributed by atoms with Crippen molar-refractivity contribution in [3.63, 3.8) is 0 Å². The van der Waals surface area contributed by atoms with Gasteiger partial charge in [0.05, 0.1) is 0 Å². The molecule has 1 amide bonds. The van der Waals surface area contributed by atoms with Crippen molar-refractivity contribution < 1.29 is 14.7 Å². The lowest BCUT2D eigenvalue weighted by atomic mass is 10.0. The van der Waals surface area contributed by atoms with E-state index in [2.05, 4.69) is 6.58 Å². The highest BCUT2D eigenvalue weighted by Crippen LogP contribution is 2.36. The molecule has 1 aliphatic rings. The Morgan fingerprint density at radius 2 is 2.05 bits per heavy atom. The van der Waals surface area contributed by atoms with Crippen LogP contribution in [0, 0.1) is 0 Å². The zero-order valence-corrected chi connectivity index (χ0v) is 10.7. The molecule has 0 saturated carbocycles. The molecule has 0 aliphatic carbocycles. The number of carbonyl (C=O) groups excluding carboxylic acids is 2. The molecule has 4 heteroatoms. The van der Waals surface area contributed by atoms with E-state index < -0.39 is 17.7 Å². The summed E-state index contributed by atoms with van der Waals surface area (Å²) in [5.74, 6) is -1.04. The van der Waals surface area contributed by atoms with Crippen molar-refractivity contribution >= 4 is 11.7 Å². The summed E-state index contributed by atoms with van der Waals surface area (Å²) >= 11 is 0. The normalized spacial score (nSPS) is 18.9. The average molecular weight is 257 g/mol. The third kappa shape index (κ3) is 2.17. The standard InChI is InChI=1S/C15H15NO3/c1-3-9-16-13(11-7-5-4-6-8-11)14(18)12(10(2)17)15(16)19/h3-8,13,18H,1,9H2,2H3. The van der Waals surface area contributed by atoms with Crippen molar-refractivity contribution in [1.82, 2.24) is 4.90 Å². The number of carbonyl (C=O) groups is 2. The van der Waals surface area contributed by atoms with Crippen molar-refractivity contribution in [2.24, 2.45) is 0 Å². The number of nitrogens with zero attached hydrogens (tertiary/aromatic N) is 1. The molecule has 0 radical (unpaired) electrons. The van der Waals surface area contributed by atoms with Crippen LogP contribution in [-0.4, -0.2) is 28.2 Å². The fourth-order valence-electron chi connectivity index (χ4n) is 2.29. The molecule has 1 aromatic rings.